The van der Waals surface area contributed by atoms with Crippen LogP contribution in [0.4, 0.5) is 0 Å². The maximum Gasteiger partial charge on any atom is 0.337 e. The zero-order chi connectivity index (χ0) is 12.3. The van der Waals surface area contributed by atoms with Gasteiger partial charge in [-0.25, -0.2) is 4.79 Å². The quantitative estimate of drug-likeness (QED) is 0.907. The largest absolute Gasteiger partial charge is 0.478 e. The highest BCUT2D eigenvalue weighted by atomic mass is 35.5. The molecule has 0 amide bonds. The van der Waals surface area contributed by atoms with Crippen LogP contribution in [-0.2, 0) is 0 Å². The first-order chi connectivity index (χ1) is 8.15. The molecule has 0 fully saturated rings. The summed E-state index contributed by atoms with van der Waals surface area (Å²) < 4.78 is 5.44. The smallest absolute Gasteiger partial charge is 0.337 e. The minimum atomic E-state index is -1.04. The Morgan fingerprint density at radius 3 is 2.53 bits per heavy atom. The lowest BCUT2D eigenvalue weighted by Gasteiger charge is -2.05. The van der Waals surface area contributed by atoms with E-state index in [1.165, 1.54) is 18.5 Å². The molecule has 0 bridgehead atoms. The van der Waals surface area contributed by atoms with Crippen molar-refractivity contribution in [1.29, 1.82) is 0 Å². The molecular weight excluding hydrogens is 242 g/mol. The zero-order valence-electron chi connectivity index (χ0n) is 8.63. The van der Waals surface area contributed by atoms with Gasteiger partial charge in [-0.15, -0.1) is 0 Å². The molecule has 0 unspecified atom stereocenters. The summed E-state index contributed by atoms with van der Waals surface area (Å²) in [5.41, 5.74) is 0.0801. The van der Waals surface area contributed by atoms with E-state index in [4.69, 9.17) is 21.4 Å². The number of aromatic nitrogens is 1. The van der Waals surface area contributed by atoms with E-state index in [2.05, 4.69) is 4.98 Å². The van der Waals surface area contributed by atoms with Crippen molar-refractivity contribution >= 4 is 17.6 Å². The lowest BCUT2D eigenvalue weighted by molar-refractivity contribution is 0.0696. The Bertz CT molecular complexity index is 540. The van der Waals surface area contributed by atoms with Crippen LogP contribution in [-0.4, -0.2) is 16.1 Å². The maximum absolute atomic E-state index is 10.7. The van der Waals surface area contributed by atoms with Crippen LogP contribution >= 0.6 is 11.6 Å². The van der Waals surface area contributed by atoms with E-state index in [0.29, 0.717) is 16.5 Å². The third-order valence-electron chi connectivity index (χ3n) is 2.01. The van der Waals surface area contributed by atoms with Crippen molar-refractivity contribution in [3.8, 4) is 11.5 Å². The first-order valence-corrected chi connectivity index (χ1v) is 5.15. The number of hydrogen-bond acceptors (Lipinski definition) is 3. The van der Waals surface area contributed by atoms with Crippen molar-refractivity contribution in [2.45, 2.75) is 0 Å². The third kappa shape index (κ3) is 2.95. The van der Waals surface area contributed by atoms with E-state index in [9.17, 15) is 4.79 Å². The fourth-order valence-corrected chi connectivity index (χ4v) is 1.36. The lowest BCUT2D eigenvalue weighted by Crippen LogP contribution is -1.97. The molecule has 0 radical (unpaired) electrons. The Kier molecular flexibility index (Phi) is 3.25. The Balaban J connectivity index is 2.21. The molecule has 0 aliphatic rings. The van der Waals surface area contributed by atoms with Gasteiger partial charge in [0.1, 0.15) is 11.5 Å². The van der Waals surface area contributed by atoms with E-state index in [-0.39, 0.29) is 5.56 Å². The minimum Gasteiger partial charge on any atom is -0.478 e. The number of ether oxygens (including phenoxy) is 1. The summed E-state index contributed by atoms with van der Waals surface area (Å²) in [7, 11) is 0. The molecule has 2 rings (SSSR count). The molecule has 1 aromatic heterocycles. The van der Waals surface area contributed by atoms with Gasteiger partial charge in [-0.2, -0.15) is 0 Å². The molecule has 0 aliphatic heterocycles. The van der Waals surface area contributed by atoms with Crippen molar-refractivity contribution in [2.24, 2.45) is 0 Å². The molecule has 0 saturated carbocycles. The molecular formula is C12H8ClNO3. The van der Waals surface area contributed by atoms with Gasteiger partial charge in [-0.3, -0.25) is 4.98 Å². The molecule has 86 valence electrons. The standard InChI is InChI=1S/C12H8ClNO3/c13-9-1-3-10(4-2-9)17-11-5-8(12(15)16)6-14-7-11/h1-7H,(H,15,16). The van der Waals surface area contributed by atoms with E-state index in [1.807, 2.05) is 0 Å². The van der Waals surface area contributed by atoms with Gasteiger partial charge in [0.05, 0.1) is 11.8 Å². The highest BCUT2D eigenvalue weighted by Crippen LogP contribution is 2.22. The summed E-state index contributed by atoms with van der Waals surface area (Å²) in [4.78, 5) is 14.5. The van der Waals surface area contributed by atoms with Gasteiger partial charge in [0.2, 0.25) is 0 Å². The van der Waals surface area contributed by atoms with Crippen LogP contribution < -0.4 is 4.74 Å². The number of pyridine rings is 1. The van der Waals surface area contributed by atoms with Crippen LogP contribution in [0.1, 0.15) is 10.4 Å². The SMILES string of the molecule is O=C(O)c1cncc(Oc2ccc(Cl)cc2)c1. The Hall–Kier alpha value is -2.07. The summed E-state index contributed by atoms with van der Waals surface area (Å²) in [6, 6.07) is 8.16. The minimum absolute atomic E-state index is 0.0801. The second-order valence-electron chi connectivity index (χ2n) is 3.27. The van der Waals surface area contributed by atoms with Gasteiger partial charge in [0.15, 0.2) is 0 Å². The number of benzene rings is 1. The summed E-state index contributed by atoms with van der Waals surface area (Å²) >= 11 is 5.74. The molecule has 1 N–H and O–H groups in total. The molecule has 4 nitrogen and oxygen atoms in total. The van der Waals surface area contributed by atoms with Crippen LogP contribution in [0.2, 0.25) is 5.02 Å². The van der Waals surface area contributed by atoms with Gasteiger partial charge in [0.25, 0.3) is 0 Å². The Morgan fingerprint density at radius 2 is 1.88 bits per heavy atom. The topological polar surface area (TPSA) is 59.4 Å². The van der Waals surface area contributed by atoms with Crippen LogP contribution in [0.25, 0.3) is 0 Å². The van der Waals surface area contributed by atoms with E-state index >= 15 is 0 Å². The average molecular weight is 250 g/mol. The van der Waals surface area contributed by atoms with Gasteiger partial charge in [-0.1, -0.05) is 11.6 Å². The molecule has 1 heterocycles. The summed E-state index contributed by atoms with van der Waals surface area (Å²) in [5.74, 6) is -0.106. The molecule has 1 aromatic carbocycles. The van der Waals surface area contributed by atoms with Crippen LogP contribution in [0, 0.1) is 0 Å². The second kappa shape index (κ2) is 4.84. The Morgan fingerprint density at radius 1 is 1.18 bits per heavy atom. The predicted molar refractivity (Wildman–Crippen MR) is 62.7 cm³/mol. The maximum atomic E-state index is 10.7. The fraction of sp³-hybridized carbons (Fsp3) is 0. The molecule has 2 aromatic rings. The molecule has 0 aliphatic carbocycles. The number of halogens is 1. The summed E-state index contributed by atoms with van der Waals surface area (Å²) in [6.07, 6.45) is 2.71. The van der Waals surface area contributed by atoms with Crippen molar-refractivity contribution in [2.75, 3.05) is 0 Å². The summed E-state index contributed by atoms with van der Waals surface area (Å²) in [5, 5.41) is 9.40. The number of carbonyl (C=O) groups is 1. The monoisotopic (exact) mass is 249 g/mol. The highest BCUT2D eigenvalue weighted by molar-refractivity contribution is 6.30. The molecule has 0 spiro atoms. The van der Waals surface area contributed by atoms with E-state index in [1.54, 1.807) is 24.3 Å². The lowest BCUT2D eigenvalue weighted by atomic mass is 10.3. The van der Waals surface area contributed by atoms with Crippen molar-refractivity contribution in [3.05, 3.63) is 53.3 Å². The number of aromatic carboxylic acids is 1. The highest BCUT2D eigenvalue weighted by Gasteiger charge is 2.05. The van der Waals surface area contributed by atoms with Crippen molar-refractivity contribution < 1.29 is 14.6 Å². The average Bonchev–Trinajstić information content (AvgIpc) is 2.32. The van der Waals surface area contributed by atoms with Crippen LogP contribution in [0.5, 0.6) is 11.5 Å². The van der Waals surface area contributed by atoms with Gasteiger partial charge in [0, 0.05) is 11.2 Å². The van der Waals surface area contributed by atoms with Gasteiger partial charge >= 0.3 is 5.97 Å². The predicted octanol–water partition coefficient (Wildman–Crippen LogP) is 3.23. The normalized spacial score (nSPS) is 9.94. The fourth-order valence-electron chi connectivity index (χ4n) is 1.23. The van der Waals surface area contributed by atoms with E-state index in [0.717, 1.165) is 0 Å². The molecule has 0 atom stereocenters. The van der Waals surface area contributed by atoms with Gasteiger partial charge < -0.3 is 9.84 Å². The number of carboxylic acids is 1. The van der Waals surface area contributed by atoms with Crippen molar-refractivity contribution in [3.63, 3.8) is 0 Å². The van der Waals surface area contributed by atoms with Crippen LogP contribution in [0.3, 0.4) is 0 Å². The molecule has 17 heavy (non-hydrogen) atoms. The number of carboxylic acid groups (broad SMARTS) is 1. The third-order valence-corrected chi connectivity index (χ3v) is 2.26. The first kappa shape index (κ1) is 11.4. The first-order valence-electron chi connectivity index (χ1n) is 4.77. The number of nitrogens with zero attached hydrogens (tertiary/aromatic N) is 1. The Labute approximate surface area is 102 Å². The number of rotatable bonds is 3. The van der Waals surface area contributed by atoms with Crippen LogP contribution in [0.15, 0.2) is 42.7 Å². The second-order valence-corrected chi connectivity index (χ2v) is 3.71. The molecule has 0 saturated heterocycles. The molecule has 5 heteroatoms. The zero-order valence-corrected chi connectivity index (χ0v) is 9.39. The van der Waals surface area contributed by atoms with E-state index < -0.39 is 5.97 Å². The van der Waals surface area contributed by atoms with Crippen molar-refractivity contribution in [1.82, 2.24) is 4.98 Å². The number of hydrogen-bond donors (Lipinski definition) is 1. The summed E-state index contributed by atoms with van der Waals surface area (Å²) in [6.45, 7) is 0. The van der Waals surface area contributed by atoms with Gasteiger partial charge in [-0.05, 0) is 30.3 Å².